The highest BCUT2D eigenvalue weighted by molar-refractivity contribution is 5.58. The third kappa shape index (κ3) is 2.83. The van der Waals surface area contributed by atoms with Crippen LogP contribution in [0.4, 0.5) is 10.1 Å². The van der Waals surface area contributed by atoms with E-state index in [4.69, 9.17) is 0 Å². The van der Waals surface area contributed by atoms with Crippen molar-refractivity contribution in [3.05, 3.63) is 29.1 Å². The number of aryl methyl sites for hydroxylation is 1. The van der Waals surface area contributed by atoms with Gasteiger partial charge in [0.15, 0.2) is 0 Å². The maximum Gasteiger partial charge on any atom is 0.126 e. The third-order valence-corrected chi connectivity index (χ3v) is 4.67. The molecule has 1 N–H and O–H groups in total. The fourth-order valence-electron chi connectivity index (χ4n) is 3.30. The lowest BCUT2D eigenvalue weighted by Crippen LogP contribution is -2.46. The molecule has 2 nitrogen and oxygen atoms in total. The summed E-state index contributed by atoms with van der Waals surface area (Å²) in [6.45, 7) is 11.2. The highest BCUT2D eigenvalue weighted by Gasteiger charge is 2.31. The molecular weight excluding hydrogens is 253 g/mol. The Hall–Kier alpha value is -1.09. The van der Waals surface area contributed by atoms with Gasteiger partial charge < -0.3 is 10.0 Å². The highest BCUT2D eigenvalue weighted by Crippen LogP contribution is 2.36. The van der Waals surface area contributed by atoms with Gasteiger partial charge in [0.1, 0.15) is 5.82 Å². The Morgan fingerprint density at radius 2 is 1.95 bits per heavy atom. The van der Waals surface area contributed by atoms with Crippen molar-refractivity contribution in [1.82, 2.24) is 0 Å². The molecule has 1 heterocycles. The molecule has 112 valence electrons. The van der Waals surface area contributed by atoms with Gasteiger partial charge in [-0.3, -0.25) is 0 Å². The SMILES string of the molecule is Cc1cc(N2CC(C)CC(C)C2C)c([C@H](C)O)cc1F. The minimum Gasteiger partial charge on any atom is -0.389 e. The van der Waals surface area contributed by atoms with Crippen LogP contribution in [0.15, 0.2) is 12.1 Å². The van der Waals surface area contributed by atoms with E-state index >= 15 is 0 Å². The molecule has 0 spiro atoms. The number of aliphatic hydroxyl groups excluding tert-OH is 1. The Labute approximate surface area is 121 Å². The van der Waals surface area contributed by atoms with Crippen molar-refractivity contribution < 1.29 is 9.50 Å². The molecule has 0 radical (unpaired) electrons. The first-order chi connectivity index (χ1) is 9.31. The summed E-state index contributed by atoms with van der Waals surface area (Å²) in [5.41, 5.74) is 2.33. The molecule has 4 atom stereocenters. The fraction of sp³-hybridized carbons (Fsp3) is 0.647. The number of piperidine rings is 1. The van der Waals surface area contributed by atoms with Crippen LogP contribution < -0.4 is 4.90 Å². The second-order valence-electron chi connectivity index (χ2n) is 6.55. The molecular formula is C17H26FNO. The molecule has 20 heavy (non-hydrogen) atoms. The van der Waals surface area contributed by atoms with Gasteiger partial charge in [-0.05, 0) is 56.7 Å². The third-order valence-electron chi connectivity index (χ3n) is 4.67. The second-order valence-corrected chi connectivity index (χ2v) is 6.55. The van der Waals surface area contributed by atoms with Crippen LogP contribution in [-0.2, 0) is 0 Å². The molecule has 0 amide bonds. The van der Waals surface area contributed by atoms with Gasteiger partial charge in [0.25, 0.3) is 0 Å². The van der Waals surface area contributed by atoms with Crippen LogP contribution in [0.25, 0.3) is 0 Å². The Kier molecular flexibility index (Phi) is 4.38. The predicted molar refractivity (Wildman–Crippen MR) is 81.5 cm³/mol. The molecule has 0 bridgehead atoms. The lowest BCUT2D eigenvalue weighted by molar-refractivity contribution is 0.198. The molecule has 3 unspecified atom stereocenters. The summed E-state index contributed by atoms with van der Waals surface area (Å²) in [5.74, 6) is 0.981. The number of halogens is 1. The maximum absolute atomic E-state index is 13.8. The summed E-state index contributed by atoms with van der Waals surface area (Å²) in [4.78, 5) is 2.34. The number of rotatable bonds is 2. The van der Waals surface area contributed by atoms with Gasteiger partial charge in [0.2, 0.25) is 0 Å². The largest absolute Gasteiger partial charge is 0.389 e. The van der Waals surface area contributed by atoms with Crippen molar-refractivity contribution in [2.24, 2.45) is 11.8 Å². The Morgan fingerprint density at radius 3 is 2.55 bits per heavy atom. The molecule has 1 fully saturated rings. The minimum atomic E-state index is -0.653. The summed E-state index contributed by atoms with van der Waals surface area (Å²) in [6.07, 6.45) is 0.571. The minimum absolute atomic E-state index is 0.240. The lowest BCUT2D eigenvalue weighted by atomic mass is 9.85. The molecule has 2 rings (SSSR count). The Balaban J connectivity index is 2.47. The van der Waals surface area contributed by atoms with Crippen LogP contribution in [0.2, 0.25) is 0 Å². The zero-order chi connectivity index (χ0) is 15.0. The van der Waals surface area contributed by atoms with Crippen LogP contribution in [0.3, 0.4) is 0 Å². The van der Waals surface area contributed by atoms with Crippen molar-refractivity contribution in [3.8, 4) is 0 Å². The van der Waals surface area contributed by atoms with Gasteiger partial charge in [-0.1, -0.05) is 13.8 Å². The molecule has 0 aromatic heterocycles. The van der Waals surface area contributed by atoms with E-state index in [9.17, 15) is 9.50 Å². The fourth-order valence-corrected chi connectivity index (χ4v) is 3.30. The molecule has 1 saturated heterocycles. The maximum atomic E-state index is 13.8. The van der Waals surface area contributed by atoms with Crippen LogP contribution >= 0.6 is 0 Å². The van der Waals surface area contributed by atoms with Crippen LogP contribution in [0, 0.1) is 24.6 Å². The average molecular weight is 279 g/mol. The summed E-state index contributed by atoms with van der Waals surface area (Å²) >= 11 is 0. The molecule has 3 heteroatoms. The molecule has 1 aromatic rings. The number of aliphatic hydroxyl groups is 1. The van der Waals surface area contributed by atoms with Crippen LogP contribution in [0.5, 0.6) is 0 Å². The summed E-state index contributed by atoms with van der Waals surface area (Å²) in [7, 11) is 0. The average Bonchev–Trinajstić information content (AvgIpc) is 2.36. The Bertz CT molecular complexity index is 486. The van der Waals surface area contributed by atoms with Gasteiger partial charge in [-0.2, -0.15) is 0 Å². The van der Waals surface area contributed by atoms with Gasteiger partial charge in [-0.25, -0.2) is 4.39 Å². The number of hydrogen-bond acceptors (Lipinski definition) is 2. The first kappa shape index (κ1) is 15.3. The normalized spacial score (nSPS) is 28.6. The summed E-state index contributed by atoms with van der Waals surface area (Å²) in [5, 5.41) is 9.98. The summed E-state index contributed by atoms with van der Waals surface area (Å²) in [6, 6.07) is 3.79. The first-order valence-corrected chi connectivity index (χ1v) is 7.56. The van der Waals surface area contributed by atoms with Crippen molar-refractivity contribution in [2.75, 3.05) is 11.4 Å². The van der Waals surface area contributed by atoms with E-state index < -0.39 is 6.10 Å². The van der Waals surface area contributed by atoms with E-state index in [1.807, 2.05) is 6.07 Å². The molecule has 1 aliphatic heterocycles. The second kappa shape index (κ2) is 5.72. The van der Waals surface area contributed by atoms with Gasteiger partial charge in [-0.15, -0.1) is 0 Å². The first-order valence-electron chi connectivity index (χ1n) is 7.56. The van der Waals surface area contributed by atoms with E-state index in [-0.39, 0.29) is 5.82 Å². The van der Waals surface area contributed by atoms with Gasteiger partial charge in [0, 0.05) is 23.8 Å². The molecule has 1 aromatic carbocycles. The number of nitrogens with zero attached hydrogens (tertiary/aromatic N) is 1. The number of anilines is 1. The highest BCUT2D eigenvalue weighted by atomic mass is 19.1. The number of benzene rings is 1. The zero-order valence-corrected chi connectivity index (χ0v) is 13.2. The van der Waals surface area contributed by atoms with Crippen molar-refractivity contribution in [3.63, 3.8) is 0 Å². The molecule has 0 aliphatic carbocycles. The molecule has 1 aliphatic rings. The number of hydrogen-bond donors (Lipinski definition) is 1. The standard InChI is InChI=1S/C17H26FNO/c1-10-6-11(2)13(4)19(9-10)17-7-12(3)16(18)8-15(17)14(5)20/h7-8,10-11,13-14,20H,6,9H2,1-5H3/t10?,11?,13?,14-/m0/s1. The van der Waals surface area contributed by atoms with Gasteiger partial charge >= 0.3 is 0 Å². The predicted octanol–water partition coefficient (Wildman–Crippen LogP) is 4.06. The van der Waals surface area contributed by atoms with Gasteiger partial charge in [0.05, 0.1) is 6.10 Å². The topological polar surface area (TPSA) is 23.5 Å². The van der Waals surface area contributed by atoms with Crippen LogP contribution in [-0.4, -0.2) is 17.7 Å². The molecule has 0 saturated carbocycles. The van der Waals surface area contributed by atoms with E-state index in [0.29, 0.717) is 29.0 Å². The van der Waals surface area contributed by atoms with E-state index in [2.05, 4.69) is 25.7 Å². The van der Waals surface area contributed by atoms with Crippen LogP contribution in [0.1, 0.15) is 51.3 Å². The van der Waals surface area contributed by atoms with Crippen molar-refractivity contribution in [2.45, 2.75) is 53.2 Å². The quantitative estimate of drug-likeness (QED) is 0.882. The van der Waals surface area contributed by atoms with E-state index in [1.165, 1.54) is 12.5 Å². The van der Waals surface area contributed by atoms with Crippen molar-refractivity contribution >= 4 is 5.69 Å². The van der Waals surface area contributed by atoms with Crippen molar-refractivity contribution in [1.29, 1.82) is 0 Å². The smallest absolute Gasteiger partial charge is 0.126 e. The van der Waals surface area contributed by atoms with E-state index in [0.717, 1.165) is 12.2 Å². The Morgan fingerprint density at radius 1 is 1.30 bits per heavy atom. The lowest BCUT2D eigenvalue weighted by Gasteiger charge is -2.43. The monoisotopic (exact) mass is 279 g/mol. The van der Waals surface area contributed by atoms with E-state index in [1.54, 1.807) is 13.8 Å². The zero-order valence-electron chi connectivity index (χ0n) is 13.2. The summed E-state index contributed by atoms with van der Waals surface area (Å²) < 4.78 is 13.8.